The quantitative estimate of drug-likeness (QED) is 0.392. The predicted molar refractivity (Wildman–Crippen MR) is 138 cm³/mol. The number of alkyl halides is 3. The number of hydrogen-bond acceptors (Lipinski definition) is 7. The van der Waals surface area contributed by atoms with E-state index in [4.69, 9.17) is 0 Å². The number of piperazine rings is 1. The van der Waals surface area contributed by atoms with Crippen LogP contribution < -0.4 is 10.5 Å². The van der Waals surface area contributed by atoms with E-state index in [0.717, 1.165) is 6.07 Å². The molecule has 1 atom stereocenters. The molecule has 1 fully saturated rings. The number of rotatable bonds is 4. The van der Waals surface area contributed by atoms with E-state index in [0.29, 0.717) is 42.5 Å². The van der Waals surface area contributed by atoms with Crippen molar-refractivity contribution in [3.05, 3.63) is 64.0 Å². The normalized spacial score (nSPS) is 16.2. The number of aryl methyl sites for hydroxylation is 1. The molecule has 0 saturated carbocycles. The molecule has 1 saturated heterocycles. The summed E-state index contributed by atoms with van der Waals surface area (Å²) in [5.74, 6) is 0.559. The van der Waals surface area contributed by atoms with Crippen LogP contribution in [0.3, 0.4) is 0 Å². The van der Waals surface area contributed by atoms with Gasteiger partial charge < -0.3 is 9.80 Å². The number of hydrogen-bond donors (Lipinski definition) is 0. The molecule has 4 aromatic rings. The Balaban J connectivity index is 1.47. The summed E-state index contributed by atoms with van der Waals surface area (Å²) in [7, 11) is 1.48. The Hall–Kier alpha value is -4.29. The zero-order valence-corrected chi connectivity index (χ0v) is 21.9. The molecule has 0 aliphatic carbocycles. The Kier molecular flexibility index (Phi) is 6.60. The van der Waals surface area contributed by atoms with Crippen LogP contribution >= 0.6 is 0 Å². The van der Waals surface area contributed by atoms with Crippen LogP contribution in [0.5, 0.6) is 0 Å². The second-order valence-electron chi connectivity index (χ2n) is 9.68. The lowest BCUT2D eigenvalue weighted by molar-refractivity contribution is -0.138. The highest BCUT2D eigenvalue weighted by atomic mass is 19.4. The summed E-state index contributed by atoms with van der Waals surface area (Å²) in [5, 5.41) is 0.275. The molecule has 4 aromatic heterocycles. The number of pyridine rings is 2. The Morgan fingerprint density at radius 2 is 1.79 bits per heavy atom. The van der Waals surface area contributed by atoms with Gasteiger partial charge >= 0.3 is 6.18 Å². The molecule has 39 heavy (non-hydrogen) atoms. The van der Waals surface area contributed by atoms with Crippen molar-refractivity contribution >= 4 is 22.9 Å². The minimum absolute atomic E-state index is 0.0270. The summed E-state index contributed by atoms with van der Waals surface area (Å²) in [6.45, 7) is 6.65. The molecule has 1 amide bonds. The maximum Gasteiger partial charge on any atom is 0.418 e. The molecule has 5 rings (SSSR count). The van der Waals surface area contributed by atoms with Gasteiger partial charge in [-0.15, -0.1) is 0 Å². The SMILES string of the molecule is CC(=O)N1CCN(c2ncc(-c3ccc4c(=O)n(C)n(Cc5nc(C)ccc5C(F)(F)F)c4n3)cn2)CC1C. The maximum atomic E-state index is 13.7. The van der Waals surface area contributed by atoms with E-state index in [9.17, 15) is 22.8 Å². The van der Waals surface area contributed by atoms with Crippen molar-refractivity contribution in [1.29, 1.82) is 0 Å². The summed E-state index contributed by atoms with van der Waals surface area (Å²) < 4.78 is 43.6. The molecule has 10 nitrogen and oxygen atoms in total. The van der Waals surface area contributed by atoms with E-state index < -0.39 is 11.7 Å². The highest BCUT2D eigenvalue weighted by Gasteiger charge is 2.34. The fraction of sp³-hybridized carbons (Fsp3) is 0.385. The summed E-state index contributed by atoms with van der Waals surface area (Å²) in [5.41, 5.74) is 0.280. The van der Waals surface area contributed by atoms with Crippen LogP contribution in [0.2, 0.25) is 0 Å². The average Bonchev–Trinajstić information content (AvgIpc) is 3.12. The van der Waals surface area contributed by atoms with Gasteiger partial charge in [0.15, 0.2) is 5.65 Å². The number of carbonyl (C=O) groups excluding carboxylic acids is 1. The lowest BCUT2D eigenvalue weighted by Crippen LogP contribution is -2.53. The van der Waals surface area contributed by atoms with Crippen LogP contribution in [0, 0.1) is 6.92 Å². The van der Waals surface area contributed by atoms with Gasteiger partial charge in [-0.2, -0.15) is 13.2 Å². The molecular weight excluding hydrogens is 513 g/mol. The van der Waals surface area contributed by atoms with Crippen LogP contribution in [-0.2, 0) is 24.6 Å². The van der Waals surface area contributed by atoms with E-state index >= 15 is 0 Å². The molecule has 0 spiro atoms. The number of fused-ring (bicyclic) bond motifs is 1. The molecule has 0 radical (unpaired) electrons. The molecule has 0 N–H and O–H groups in total. The fourth-order valence-corrected chi connectivity index (χ4v) is 4.93. The molecule has 1 unspecified atom stereocenters. The number of carbonyl (C=O) groups is 1. The Labute approximate surface area is 221 Å². The van der Waals surface area contributed by atoms with Crippen LogP contribution in [-0.4, -0.2) is 65.8 Å². The number of amides is 1. The summed E-state index contributed by atoms with van der Waals surface area (Å²) in [6, 6.07) is 5.59. The molecule has 5 heterocycles. The van der Waals surface area contributed by atoms with Crippen molar-refractivity contribution in [2.75, 3.05) is 24.5 Å². The van der Waals surface area contributed by atoms with Crippen molar-refractivity contribution < 1.29 is 18.0 Å². The molecule has 204 valence electrons. The standard InChI is InChI=1S/C26H27F3N8O2/c1-15-5-7-20(26(27,28)29)22(32-15)14-37-23-19(24(39)34(37)4)6-8-21(33-23)18-11-30-25(31-12-18)35-9-10-36(17(3)38)16(2)13-35/h5-8,11-12,16H,9-10,13-14H2,1-4H3. The van der Waals surface area contributed by atoms with Gasteiger partial charge in [0, 0.05) is 63.3 Å². The van der Waals surface area contributed by atoms with Crippen LogP contribution in [0.25, 0.3) is 22.3 Å². The first kappa shape index (κ1) is 26.3. The van der Waals surface area contributed by atoms with Gasteiger partial charge in [0.05, 0.1) is 28.9 Å². The number of halogens is 3. The monoisotopic (exact) mass is 540 g/mol. The van der Waals surface area contributed by atoms with Gasteiger partial charge in [0.1, 0.15) is 0 Å². The van der Waals surface area contributed by atoms with Gasteiger partial charge in [-0.25, -0.2) is 15.0 Å². The van der Waals surface area contributed by atoms with Crippen molar-refractivity contribution in [2.45, 2.75) is 39.5 Å². The summed E-state index contributed by atoms with van der Waals surface area (Å²) in [6.07, 6.45) is -1.35. The zero-order valence-electron chi connectivity index (χ0n) is 21.9. The lowest BCUT2D eigenvalue weighted by Gasteiger charge is -2.39. The van der Waals surface area contributed by atoms with E-state index in [1.54, 1.807) is 38.4 Å². The predicted octanol–water partition coefficient (Wildman–Crippen LogP) is 3.02. The molecule has 13 heteroatoms. The molecule has 0 bridgehead atoms. The third-order valence-corrected chi connectivity index (χ3v) is 6.97. The van der Waals surface area contributed by atoms with Gasteiger partial charge in [-0.3, -0.25) is 23.9 Å². The largest absolute Gasteiger partial charge is 0.418 e. The minimum Gasteiger partial charge on any atom is -0.337 e. The molecular formula is C26H27F3N8O2. The second kappa shape index (κ2) is 9.79. The first-order chi connectivity index (χ1) is 18.4. The van der Waals surface area contributed by atoms with Gasteiger partial charge in [-0.1, -0.05) is 0 Å². The minimum atomic E-state index is -4.59. The van der Waals surface area contributed by atoms with Crippen molar-refractivity contribution in [2.24, 2.45) is 7.05 Å². The van der Waals surface area contributed by atoms with Crippen molar-refractivity contribution in [3.63, 3.8) is 0 Å². The average molecular weight is 541 g/mol. The summed E-state index contributed by atoms with van der Waals surface area (Å²) >= 11 is 0. The lowest BCUT2D eigenvalue weighted by atomic mass is 10.1. The Morgan fingerprint density at radius 1 is 1.08 bits per heavy atom. The highest BCUT2D eigenvalue weighted by molar-refractivity contribution is 5.78. The van der Waals surface area contributed by atoms with Gasteiger partial charge in [-0.05, 0) is 38.1 Å². The maximum absolute atomic E-state index is 13.7. The van der Waals surface area contributed by atoms with E-state index in [2.05, 4.69) is 19.9 Å². The number of anilines is 1. The Bertz CT molecular complexity index is 1610. The number of nitrogens with zero attached hydrogens (tertiary/aromatic N) is 8. The third kappa shape index (κ3) is 4.95. The second-order valence-corrected chi connectivity index (χ2v) is 9.68. The van der Waals surface area contributed by atoms with E-state index in [1.807, 2.05) is 16.7 Å². The van der Waals surface area contributed by atoms with Crippen molar-refractivity contribution in [3.8, 4) is 11.3 Å². The fourth-order valence-electron chi connectivity index (χ4n) is 4.93. The first-order valence-corrected chi connectivity index (χ1v) is 12.4. The van der Waals surface area contributed by atoms with Crippen molar-refractivity contribution in [1.82, 2.24) is 34.2 Å². The van der Waals surface area contributed by atoms with E-state index in [-0.39, 0.29) is 40.8 Å². The third-order valence-electron chi connectivity index (χ3n) is 6.97. The van der Waals surface area contributed by atoms with E-state index in [1.165, 1.54) is 22.5 Å². The first-order valence-electron chi connectivity index (χ1n) is 12.4. The molecule has 0 aromatic carbocycles. The van der Waals surface area contributed by atoms with Crippen LogP contribution in [0.15, 0.2) is 41.5 Å². The molecule has 1 aliphatic rings. The van der Waals surface area contributed by atoms with Gasteiger partial charge in [0.25, 0.3) is 5.56 Å². The van der Waals surface area contributed by atoms with Gasteiger partial charge in [0.2, 0.25) is 11.9 Å². The smallest absolute Gasteiger partial charge is 0.337 e. The highest BCUT2D eigenvalue weighted by Crippen LogP contribution is 2.32. The molecule has 1 aliphatic heterocycles. The summed E-state index contributed by atoms with van der Waals surface area (Å²) in [4.78, 5) is 46.1. The van der Waals surface area contributed by atoms with Crippen LogP contribution in [0.1, 0.15) is 30.8 Å². The zero-order chi connectivity index (χ0) is 28.1. The number of aromatic nitrogens is 6. The van der Waals surface area contributed by atoms with Crippen LogP contribution in [0.4, 0.5) is 19.1 Å². The Morgan fingerprint density at radius 3 is 2.44 bits per heavy atom. The topological polar surface area (TPSA) is 102 Å².